The van der Waals surface area contributed by atoms with E-state index in [9.17, 15) is 4.39 Å². The van der Waals surface area contributed by atoms with Gasteiger partial charge in [-0.2, -0.15) is 0 Å². The van der Waals surface area contributed by atoms with E-state index < -0.39 is 6.67 Å². The van der Waals surface area contributed by atoms with Crippen LogP contribution in [-0.4, -0.2) is 14.2 Å². The van der Waals surface area contributed by atoms with Crippen molar-refractivity contribution in [3.05, 3.63) is 23.3 Å². The zero-order chi connectivity index (χ0) is 11.4. The molecule has 0 aliphatic carbocycles. The summed E-state index contributed by atoms with van der Waals surface area (Å²) in [5, 5.41) is 0. The highest BCUT2D eigenvalue weighted by Crippen LogP contribution is 2.32. The van der Waals surface area contributed by atoms with Crippen LogP contribution in [0.15, 0.2) is 12.1 Å². The SMILES string of the molecule is COc1cc(CF)c(C(C)N)cc1OC. The third-order valence-corrected chi connectivity index (χ3v) is 2.28. The number of nitrogens with two attached hydrogens (primary N) is 1. The van der Waals surface area contributed by atoms with Crippen LogP contribution in [0.4, 0.5) is 4.39 Å². The lowest BCUT2D eigenvalue weighted by Crippen LogP contribution is -2.08. The Morgan fingerprint density at radius 2 is 1.80 bits per heavy atom. The summed E-state index contributed by atoms with van der Waals surface area (Å²) in [6, 6.07) is 3.12. The Labute approximate surface area is 89.0 Å². The van der Waals surface area contributed by atoms with Crippen molar-refractivity contribution < 1.29 is 13.9 Å². The molecule has 0 bridgehead atoms. The molecule has 2 N–H and O–H groups in total. The van der Waals surface area contributed by atoms with Crippen LogP contribution in [0.25, 0.3) is 0 Å². The Morgan fingerprint density at radius 1 is 1.27 bits per heavy atom. The molecule has 1 unspecified atom stereocenters. The van der Waals surface area contributed by atoms with Gasteiger partial charge >= 0.3 is 0 Å². The number of hydrogen-bond acceptors (Lipinski definition) is 3. The molecule has 4 heteroatoms. The zero-order valence-electron chi connectivity index (χ0n) is 9.21. The highest BCUT2D eigenvalue weighted by Gasteiger charge is 2.13. The molecule has 0 saturated carbocycles. The van der Waals surface area contributed by atoms with Crippen molar-refractivity contribution in [1.82, 2.24) is 0 Å². The first-order valence-electron chi connectivity index (χ1n) is 4.70. The van der Waals surface area contributed by atoms with E-state index in [0.717, 1.165) is 5.56 Å². The maximum Gasteiger partial charge on any atom is 0.161 e. The highest BCUT2D eigenvalue weighted by atomic mass is 19.1. The molecule has 0 saturated heterocycles. The van der Waals surface area contributed by atoms with E-state index in [1.165, 1.54) is 14.2 Å². The van der Waals surface area contributed by atoms with Gasteiger partial charge in [-0.05, 0) is 30.2 Å². The second kappa shape index (κ2) is 4.98. The molecule has 0 heterocycles. The van der Waals surface area contributed by atoms with E-state index in [4.69, 9.17) is 15.2 Å². The normalized spacial score (nSPS) is 12.3. The number of halogens is 1. The lowest BCUT2D eigenvalue weighted by Gasteiger charge is -2.15. The largest absolute Gasteiger partial charge is 0.493 e. The van der Waals surface area contributed by atoms with E-state index in [-0.39, 0.29) is 6.04 Å². The van der Waals surface area contributed by atoms with Crippen molar-refractivity contribution in [3.8, 4) is 11.5 Å². The van der Waals surface area contributed by atoms with E-state index in [2.05, 4.69) is 0 Å². The molecule has 0 spiro atoms. The monoisotopic (exact) mass is 213 g/mol. The minimum absolute atomic E-state index is 0.226. The van der Waals surface area contributed by atoms with Crippen LogP contribution in [0.1, 0.15) is 24.1 Å². The molecule has 15 heavy (non-hydrogen) atoms. The summed E-state index contributed by atoms with van der Waals surface area (Å²) in [4.78, 5) is 0. The fourth-order valence-corrected chi connectivity index (χ4v) is 1.48. The number of benzene rings is 1. The van der Waals surface area contributed by atoms with E-state index >= 15 is 0 Å². The smallest absolute Gasteiger partial charge is 0.161 e. The molecule has 0 aliphatic rings. The molecule has 1 aromatic rings. The summed E-state index contributed by atoms with van der Waals surface area (Å²) in [6.07, 6.45) is 0. The first-order chi connectivity index (χ1) is 7.13. The lowest BCUT2D eigenvalue weighted by molar-refractivity contribution is 0.352. The van der Waals surface area contributed by atoms with Gasteiger partial charge in [0.25, 0.3) is 0 Å². The van der Waals surface area contributed by atoms with Crippen LogP contribution in [0.3, 0.4) is 0 Å². The van der Waals surface area contributed by atoms with Crippen molar-refractivity contribution in [2.45, 2.75) is 19.6 Å². The van der Waals surface area contributed by atoms with E-state index in [0.29, 0.717) is 17.1 Å². The molecular weight excluding hydrogens is 197 g/mol. The molecule has 0 aliphatic heterocycles. The van der Waals surface area contributed by atoms with Crippen LogP contribution in [-0.2, 0) is 6.67 Å². The van der Waals surface area contributed by atoms with Gasteiger partial charge in [-0.25, -0.2) is 4.39 Å². The van der Waals surface area contributed by atoms with Crippen LogP contribution in [0, 0.1) is 0 Å². The first-order valence-corrected chi connectivity index (χ1v) is 4.70. The first kappa shape index (κ1) is 11.8. The minimum Gasteiger partial charge on any atom is -0.493 e. The van der Waals surface area contributed by atoms with Gasteiger partial charge in [0.05, 0.1) is 14.2 Å². The molecule has 0 radical (unpaired) electrons. The van der Waals surface area contributed by atoms with Crippen molar-refractivity contribution in [1.29, 1.82) is 0 Å². The van der Waals surface area contributed by atoms with Crippen LogP contribution < -0.4 is 15.2 Å². The quantitative estimate of drug-likeness (QED) is 0.833. The molecular formula is C11H16FNO2. The van der Waals surface area contributed by atoms with E-state index in [1.54, 1.807) is 19.1 Å². The van der Waals surface area contributed by atoms with Gasteiger partial charge in [0.2, 0.25) is 0 Å². The number of alkyl halides is 1. The Hall–Kier alpha value is -1.29. The van der Waals surface area contributed by atoms with Crippen molar-refractivity contribution >= 4 is 0 Å². The second-order valence-corrected chi connectivity index (χ2v) is 3.33. The fraction of sp³-hybridized carbons (Fsp3) is 0.455. The molecule has 3 nitrogen and oxygen atoms in total. The zero-order valence-corrected chi connectivity index (χ0v) is 9.21. The number of methoxy groups -OCH3 is 2. The summed E-state index contributed by atoms with van der Waals surface area (Å²) in [5.41, 5.74) is 7.03. The van der Waals surface area contributed by atoms with Crippen LogP contribution in [0.5, 0.6) is 11.5 Å². The van der Waals surface area contributed by atoms with Crippen LogP contribution in [0.2, 0.25) is 0 Å². The lowest BCUT2D eigenvalue weighted by atomic mass is 10.0. The highest BCUT2D eigenvalue weighted by molar-refractivity contribution is 5.48. The molecule has 0 fully saturated rings. The number of hydrogen-bond donors (Lipinski definition) is 1. The summed E-state index contributed by atoms with van der Waals surface area (Å²) >= 11 is 0. The van der Waals surface area contributed by atoms with Gasteiger partial charge in [-0.3, -0.25) is 0 Å². The summed E-state index contributed by atoms with van der Waals surface area (Å²) in [6.45, 7) is 1.25. The van der Waals surface area contributed by atoms with Crippen molar-refractivity contribution in [2.24, 2.45) is 5.73 Å². The topological polar surface area (TPSA) is 44.5 Å². The number of ether oxygens (including phenoxy) is 2. The second-order valence-electron chi connectivity index (χ2n) is 3.33. The van der Waals surface area contributed by atoms with Gasteiger partial charge in [0.1, 0.15) is 6.67 Å². The number of rotatable bonds is 4. The summed E-state index contributed by atoms with van der Waals surface area (Å²) in [5.74, 6) is 1.09. The van der Waals surface area contributed by atoms with Gasteiger partial charge in [0.15, 0.2) is 11.5 Å². The minimum atomic E-state index is -0.558. The molecule has 1 aromatic carbocycles. The molecule has 0 amide bonds. The van der Waals surface area contributed by atoms with Gasteiger partial charge < -0.3 is 15.2 Å². The van der Waals surface area contributed by atoms with Gasteiger partial charge in [-0.15, -0.1) is 0 Å². The summed E-state index contributed by atoms with van der Waals surface area (Å²) < 4.78 is 23.0. The maximum absolute atomic E-state index is 12.7. The van der Waals surface area contributed by atoms with Gasteiger partial charge in [-0.1, -0.05) is 0 Å². The molecule has 1 atom stereocenters. The third kappa shape index (κ3) is 2.39. The van der Waals surface area contributed by atoms with Crippen molar-refractivity contribution in [2.75, 3.05) is 14.2 Å². The van der Waals surface area contributed by atoms with E-state index in [1.807, 2.05) is 0 Å². The molecule has 1 rings (SSSR count). The Morgan fingerprint density at radius 3 is 2.20 bits per heavy atom. The molecule has 0 aromatic heterocycles. The fourth-order valence-electron chi connectivity index (χ4n) is 1.48. The van der Waals surface area contributed by atoms with Crippen LogP contribution >= 0.6 is 0 Å². The Kier molecular flexibility index (Phi) is 3.91. The standard InChI is InChI=1S/C11H16FNO2/c1-7(13)9-5-11(15-3)10(14-2)4-8(9)6-12/h4-5,7H,6,13H2,1-3H3. The predicted octanol–water partition coefficient (Wildman–Crippen LogP) is 2.19. The maximum atomic E-state index is 12.7. The average molecular weight is 213 g/mol. The summed E-state index contributed by atoms with van der Waals surface area (Å²) in [7, 11) is 3.06. The molecule has 84 valence electrons. The third-order valence-electron chi connectivity index (χ3n) is 2.28. The van der Waals surface area contributed by atoms with Gasteiger partial charge in [0, 0.05) is 6.04 Å². The average Bonchev–Trinajstić information content (AvgIpc) is 2.26. The Bertz CT molecular complexity index is 340. The predicted molar refractivity (Wildman–Crippen MR) is 57.0 cm³/mol. The Balaban J connectivity index is 3.27. The van der Waals surface area contributed by atoms with Crippen molar-refractivity contribution in [3.63, 3.8) is 0 Å².